The lowest BCUT2D eigenvalue weighted by molar-refractivity contribution is -0.151. The number of carboxylic acid groups (broad SMARTS) is 1. The van der Waals surface area contributed by atoms with E-state index in [4.69, 9.17) is 4.74 Å². The Morgan fingerprint density at radius 3 is 2.64 bits per heavy atom. The normalized spacial score (nSPS) is 22.5. The Labute approximate surface area is 130 Å². The van der Waals surface area contributed by atoms with Crippen LogP contribution < -0.4 is 0 Å². The van der Waals surface area contributed by atoms with Crippen LogP contribution in [0.1, 0.15) is 31.2 Å². The molecule has 0 radical (unpaired) electrons. The molecular formula is C17H23NO4. The molecule has 1 heterocycles. The van der Waals surface area contributed by atoms with E-state index in [2.05, 4.69) is 0 Å². The number of benzene rings is 1. The molecule has 2 rings (SSSR count). The summed E-state index contributed by atoms with van der Waals surface area (Å²) in [6.07, 6.45) is 0.842. The summed E-state index contributed by atoms with van der Waals surface area (Å²) in [6, 6.07) is 9.88. The fraction of sp³-hybridized carbons (Fsp3) is 0.529. The number of carboxylic acids is 1. The molecule has 1 aliphatic heterocycles. The largest absolute Gasteiger partial charge is 0.481 e. The molecule has 0 aromatic heterocycles. The van der Waals surface area contributed by atoms with E-state index in [0.29, 0.717) is 19.4 Å². The predicted octanol–water partition coefficient (Wildman–Crippen LogP) is 2.13. The first-order chi connectivity index (χ1) is 10.5. The number of methoxy groups -OCH3 is 1. The van der Waals surface area contributed by atoms with Crippen LogP contribution in [-0.2, 0) is 14.3 Å². The minimum Gasteiger partial charge on any atom is -0.481 e. The number of hydrogen-bond donors (Lipinski definition) is 1. The average Bonchev–Trinajstić information content (AvgIpc) is 2.94. The zero-order valence-electron chi connectivity index (χ0n) is 13.1. The second-order valence-electron chi connectivity index (χ2n) is 6.10. The topological polar surface area (TPSA) is 66.8 Å². The van der Waals surface area contributed by atoms with E-state index in [0.717, 1.165) is 5.56 Å². The van der Waals surface area contributed by atoms with Gasteiger partial charge in [0, 0.05) is 26.6 Å². The molecule has 0 bridgehead atoms. The van der Waals surface area contributed by atoms with Gasteiger partial charge in [0.05, 0.1) is 6.61 Å². The monoisotopic (exact) mass is 305 g/mol. The third-order valence-corrected chi connectivity index (χ3v) is 4.43. The summed E-state index contributed by atoms with van der Waals surface area (Å²) in [5.41, 5.74) is 0.164. The molecule has 2 unspecified atom stereocenters. The first kappa shape index (κ1) is 16.5. The van der Waals surface area contributed by atoms with Gasteiger partial charge in [0.15, 0.2) is 0 Å². The van der Waals surface area contributed by atoms with Gasteiger partial charge in [0.1, 0.15) is 5.41 Å². The van der Waals surface area contributed by atoms with Crippen LogP contribution in [0.3, 0.4) is 0 Å². The smallest absolute Gasteiger partial charge is 0.313 e. The number of carbonyl (C=O) groups excluding carboxylic acids is 1. The Morgan fingerprint density at radius 2 is 2.05 bits per heavy atom. The van der Waals surface area contributed by atoms with Crippen LogP contribution in [-0.4, -0.2) is 48.7 Å². The van der Waals surface area contributed by atoms with Crippen molar-refractivity contribution in [3.8, 4) is 0 Å². The summed E-state index contributed by atoms with van der Waals surface area (Å²) < 4.78 is 5.05. The number of hydrogen-bond acceptors (Lipinski definition) is 3. The second-order valence-corrected chi connectivity index (χ2v) is 6.10. The highest BCUT2D eigenvalue weighted by molar-refractivity contribution is 5.81. The van der Waals surface area contributed by atoms with Gasteiger partial charge in [0.25, 0.3) is 0 Å². The van der Waals surface area contributed by atoms with Crippen molar-refractivity contribution in [2.24, 2.45) is 5.41 Å². The molecule has 120 valence electrons. The summed E-state index contributed by atoms with van der Waals surface area (Å²) in [5.74, 6) is -0.757. The Morgan fingerprint density at radius 1 is 1.36 bits per heavy atom. The number of nitrogens with zero attached hydrogens (tertiary/aromatic N) is 1. The van der Waals surface area contributed by atoms with Gasteiger partial charge in [-0.05, 0) is 17.9 Å². The summed E-state index contributed by atoms with van der Waals surface area (Å²) in [6.45, 7) is 2.87. The number of ether oxygens (including phenoxy) is 1. The van der Waals surface area contributed by atoms with Gasteiger partial charge in [-0.2, -0.15) is 0 Å². The zero-order valence-corrected chi connectivity index (χ0v) is 13.1. The summed E-state index contributed by atoms with van der Waals surface area (Å²) in [4.78, 5) is 25.6. The highest BCUT2D eigenvalue weighted by atomic mass is 16.5. The molecule has 2 atom stereocenters. The maximum Gasteiger partial charge on any atom is 0.313 e. The van der Waals surface area contributed by atoms with Gasteiger partial charge in [0.2, 0.25) is 5.91 Å². The molecule has 1 fully saturated rings. The second kappa shape index (κ2) is 6.92. The standard InChI is InChI=1S/C17H23NO4/c1-13(14-6-4-3-5-7-14)10-15(19)18-9-8-17(11-18,12-22-2)16(20)21/h3-7,13H,8-12H2,1-2H3,(H,20,21). The highest BCUT2D eigenvalue weighted by Crippen LogP contribution is 2.32. The molecule has 1 saturated heterocycles. The van der Waals surface area contributed by atoms with Crippen LogP contribution in [0.15, 0.2) is 30.3 Å². The summed E-state index contributed by atoms with van der Waals surface area (Å²) in [7, 11) is 1.49. The van der Waals surface area contributed by atoms with Crippen molar-refractivity contribution in [1.82, 2.24) is 4.90 Å². The fourth-order valence-corrected chi connectivity index (χ4v) is 3.01. The van der Waals surface area contributed by atoms with E-state index in [-0.39, 0.29) is 25.0 Å². The lowest BCUT2D eigenvalue weighted by atomic mass is 9.88. The quantitative estimate of drug-likeness (QED) is 0.874. The summed E-state index contributed by atoms with van der Waals surface area (Å²) in [5, 5.41) is 9.44. The van der Waals surface area contributed by atoms with Crippen molar-refractivity contribution in [2.45, 2.75) is 25.7 Å². The molecule has 1 aromatic carbocycles. The van der Waals surface area contributed by atoms with E-state index in [9.17, 15) is 14.7 Å². The Bertz CT molecular complexity index is 531. The van der Waals surface area contributed by atoms with Gasteiger partial charge < -0.3 is 14.7 Å². The van der Waals surface area contributed by atoms with E-state index in [1.54, 1.807) is 4.90 Å². The van der Waals surface area contributed by atoms with Crippen LogP contribution in [0.25, 0.3) is 0 Å². The van der Waals surface area contributed by atoms with Crippen molar-refractivity contribution in [3.63, 3.8) is 0 Å². The predicted molar refractivity (Wildman–Crippen MR) is 82.6 cm³/mol. The number of likely N-dealkylation sites (tertiary alicyclic amines) is 1. The molecule has 1 N–H and O–H groups in total. The number of carbonyl (C=O) groups is 2. The molecule has 1 aromatic rings. The average molecular weight is 305 g/mol. The molecule has 22 heavy (non-hydrogen) atoms. The van der Waals surface area contributed by atoms with Crippen LogP contribution in [0.5, 0.6) is 0 Å². The third-order valence-electron chi connectivity index (χ3n) is 4.43. The Hall–Kier alpha value is -1.88. The van der Waals surface area contributed by atoms with Crippen LogP contribution in [0.2, 0.25) is 0 Å². The highest BCUT2D eigenvalue weighted by Gasteiger charge is 2.46. The van der Waals surface area contributed by atoms with Crippen molar-refractivity contribution in [1.29, 1.82) is 0 Å². The first-order valence-electron chi connectivity index (χ1n) is 7.53. The lowest BCUT2D eigenvalue weighted by Crippen LogP contribution is -2.40. The molecule has 0 saturated carbocycles. The van der Waals surface area contributed by atoms with Crippen molar-refractivity contribution in [3.05, 3.63) is 35.9 Å². The van der Waals surface area contributed by atoms with Gasteiger partial charge >= 0.3 is 5.97 Å². The van der Waals surface area contributed by atoms with E-state index in [1.807, 2.05) is 37.3 Å². The molecule has 0 aliphatic carbocycles. The fourth-order valence-electron chi connectivity index (χ4n) is 3.01. The molecular weight excluding hydrogens is 282 g/mol. The SMILES string of the molecule is COCC1(C(=O)O)CCN(C(=O)CC(C)c2ccccc2)C1. The molecule has 5 heteroatoms. The van der Waals surface area contributed by atoms with Gasteiger partial charge in [-0.15, -0.1) is 0 Å². The first-order valence-corrected chi connectivity index (χ1v) is 7.53. The molecule has 1 aliphatic rings. The van der Waals surface area contributed by atoms with Crippen molar-refractivity contribution < 1.29 is 19.4 Å². The van der Waals surface area contributed by atoms with Crippen molar-refractivity contribution >= 4 is 11.9 Å². The third kappa shape index (κ3) is 3.47. The maximum atomic E-state index is 12.4. The number of rotatable bonds is 6. The van der Waals surface area contributed by atoms with Crippen LogP contribution in [0.4, 0.5) is 0 Å². The van der Waals surface area contributed by atoms with Crippen LogP contribution >= 0.6 is 0 Å². The Kier molecular flexibility index (Phi) is 5.19. The summed E-state index contributed by atoms with van der Waals surface area (Å²) >= 11 is 0. The van der Waals surface area contributed by atoms with Gasteiger partial charge in [-0.1, -0.05) is 37.3 Å². The number of aliphatic carboxylic acids is 1. The minimum atomic E-state index is -0.958. The number of amides is 1. The van der Waals surface area contributed by atoms with Gasteiger partial charge in [-0.3, -0.25) is 9.59 Å². The molecule has 1 amide bonds. The molecule has 0 spiro atoms. The zero-order chi connectivity index (χ0) is 16.2. The van der Waals surface area contributed by atoms with Crippen LogP contribution in [0, 0.1) is 5.41 Å². The maximum absolute atomic E-state index is 12.4. The van der Waals surface area contributed by atoms with E-state index in [1.165, 1.54) is 7.11 Å². The Balaban J connectivity index is 1.98. The lowest BCUT2D eigenvalue weighted by Gasteiger charge is -2.24. The van der Waals surface area contributed by atoms with E-state index >= 15 is 0 Å². The van der Waals surface area contributed by atoms with Crippen molar-refractivity contribution in [2.75, 3.05) is 26.8 Å². The van der Waals surface area contributed by atoms with Gasteiger partial charge in [-0.25, -0.2) is 0 Å². The minimum absolute atomic E-state index is 0.00980. The molecule has 5 nitrogen and oxygen atoms in total. The van der Waals surface area contributed by atoms with E-state index < -0.39 is 11.4 Å².